The summed E-state index contributed by atoms with van der Waals surface area (Å²) in [6.45, 7) is 4.18. The molecular formula is C20H22N2O3S. The van der Waals surface area contributed by atoms with Gasteiger partial charge in [0.2, 0.25) is 5.91 Å². The summed E-state index contributed by atoms with van der Waals surface area (Å²) < 4.78 is 5.38. The Labute approximate surface area is 157 Å². The minimum Gasteiger partial charge on any atom is -0.445 e. The number of carbonyl (C=O) groups is 2. The van der Waals surface area contributed by atoms with Gasteiger partial charge in [0.1, 0.15) is 12.6 Å². The molecule has 1 saturated heterocycles. The molecule has 0 radical (unpaired) electrons. The average Bonchev–Trinajstić information content (AvgIpc) is 3.14. The summed E-state index contributed by atoms with van der Waals surface area (Å²) in [7, 11) is 0. The van der Waals surface area contributed by atoms with Crippen molar-refractivity contribution in [2.75, 3.05) is 16.9 Å². The third-order valence-corrected chi connectivity index (χ3v) is 5.50. The smallest absolute Gasteiger partial charge is 0.411 e. The number of rotatable bonds is 4. The first-order valence-electron chi connectivity index (χ1n) is 8.48. The molecule has 0 aromatic heterocycles. The van der Waals surface area contributed by atoms with Gasteiger partial charge in [-0.3, -0.25) is 9.69 Å². The molecule has 0 bridgehead atoms. The van der Waals surface area contributed by atoms with Crippen molar-refractivity contribution in [2.24, 2.45) is 0 Å². The molecule has 1 heterocycles. The molecule has 2 aromatic carbocycles. The fraction of sp³-hybridized carbons (Fsp3) is 0.300. The molecule has 5 nitrogen and oxygen atoms in total. The Morgan fingerprint density at radius 1 is 1.15 bits per heavy atom. The van der Waals surface area contributed by atoms with Crippen LogP contribution in [0.5, 0.6) is 0 Å². The fourth-order valence-corrected chi connectivity index (χ4v) is 3.89. The average molecular weight is 370 g/mol. The van der Waals surface area contributed by atoms with E-state index in [1.807, 2.05) is 62.4 Å². The maximum atomic E-state index is 12.7. The summed E-state index contributed by atoms with van der Waals surface area (Å²) in [6.07, 6.45) is -0.458. The molecule has 0 unspecified atom stereocenters. The summed E-state index contributed by atoms with van der Waals surface area (Å²) in [5, 5.41) is 2.95. The molecule has 0 saturated carbocycles. The lowest BCUT2D eigenvalue weighted by molar-refractivity contribution is -0.119. The number of anilines is 1. The number of ether oxygens (including phenoxy) is 1. The first kappa shape index (κ1) is 18.3. The molecule has 1 aliphatic heterocycles. The molecule has 1 aliphatic rings. The maximum absolute atomic E-state index is 12.7. The lowest BCUT2D eigenvalue weighted by Gasteiger charge is -2.23. The molecule has 136 valence electrons. The molecular weight excluding hydrogens is 348 g/mol. The van der Waals surface area contributed by atoms with Crippen molar-refractivity contribution < 1.29 is 14.3 Å². The number of carbonyl (C=O) groups excluding carboxylic acids is 2. The van der Waals surface area contributed by atoms with Crippen molar-refractivity contribution in [2.45, 2.75) is 26.5 Å². The van der Waals surface area contributed by atoms with Crippen LogP contribution in [0.1, 0.15) is 16.7 Å². The maximum Gasteiger partial charge on any atom is 0.411 e. The van der Waals surface area contributed by atoms with E-state index in [1.165, 1.54) is 4.90 Å². The topological polar surface area (TPSA) is 58.6 Å². The lowest BCUT2D eigenvalue weighted by atomic mass is 10.1. The van der Waals surface area contributed by atoms with Gasteiger partial charge < -0.3 is 10.1 Å². The summed E-state index contributed by atoms with van der Waals surface area (Å²) >= 11 is 1.55. The summed E-state index contributed by atoms with van der Waals surface area (Å²) in [5.41, 5.74) is 3.85. The third kappa shape index (κ3) is 4.19. The van der Waals surface area contributed by atoms with Crippen LogP contribution in [0.15, 0.2) is 48.5 Å². The van der Waals surface area contributed by atoms with Gasteiger partial charge in [-0.05, 0) is 36.6 Å². The number of thioether (sulfide) groups is 1. The van der Waals surface area contributed by atoms with E-state index >= 15 is 0 Å². The van der Waals surface area contributed by atoms with Gasteiger partial charge in [0.25, 0.3) is 0 Å². The second-order valence-corrected chi connectivity index (χ2v) is 7.26. The second kappa shape index (κ2) is 8.27. The van der Waals surface area contributed by atoms with Gasteiger partial charge in [-0.1, -0.05) is 42.5 Å². The molecule has 2 aromatic rings. The Hall–Kier alpha value is -2.47. The van der Waals surface area contributed by atoms with Crippen molar-refractivity contribution in [3.8, 4) is 0 Å². The Morgan fingerprint density at radius 2 is 1.92 bits per heavy atom. The quantitative estimate of drug-likeness (QED) is 0.885. The zero-order chi connectivity index (χ0) is 18.5. The van der Waals surface area contributed by atoms with Crippen LogP contribution in [-0.2, 0) is 16.1 Å². The molecule has 0 aliphatic carbocycles. The van der Waals surface area contributed by atoms with E-state index in [9.17, 15) is 9.59 Å². The van der Waals surface area contributed by atoms with E-state index in [2.05, 4.69) is 5.32 Å². The summed E-state index contributed by atoms with van der Waals surface area (Å²) in [4.78, 5) is 26.6. The number of hydrogen-bond donors (Lipinski definition) is 1. The molecule has 3 rings (SSSR count). The van der Waals surface area contributed by atoms with Crippen LogP contribution in [0.2, 0.25) is 0 Å². The van der Waals surface area contributed by atoms with Gasteiger partial charge in [0.15, 0.2) is 0 Å². The number of amides is 2. The van der Waals surface area contributed by atoms with E-state index in [-0.39, 0.29) is 12.5 Å². The minimum atomic E-state index is -0.525. The number of nitrogens with zero attached hydrogens (tertiary/aromatic N) is 1. The highest BCUT2D eigenvalue weighted by atomic mass is 32.2. The van der Waals surface area contributed by atoms with E-state index in [4.69, 9.17) is 4.74 Å². The third-order valence-electron chi connectivity index (χ3n) is 4.49. The molecule has 6 heteroatoms. The monoisotopic (exact) mass is 370 g/mol. The lowest BCUT2D eigenvalue weighted by Crippen LogP contribution is -2.44. The molecule has 1 fully saturated rings. The number of nitrogens with one attached hydrogen (secondary N) is 1. The van der Waals surface area contributed by atoms with Gasteiger partial charge in [-0.15, -0.1) is 11.8 Å². The number of hydrogen-bond acceptors (Lipinski definition) is 4. The zero-order valence-corrected chi connectivity index (χ0v) is 15.7. The standard InChI is InChI=1S/C20H22N2O3S/c1-14-7-6-10-17(15(14)2)21-19(23)18-12-26-13-22(18)20(24)25-11-16-8-4-3-5-9-16/h3-10,18H,11-13H2,1-2H3,(H,21,23)/t18-/m1/s1. The largest absolute Gasteiger partial charge is 0.445 e. The van der Waals surface area contributed by atoms with Crippen molar-refractivity contribution >= 4 is 29.4 Å². The van der Waals surface area contributed by atoms with E-state index in [1.54, 1.807) is 11.8 Å². The first-order chi connectivity index (χ1) is 12.6. The summed E-state index contributed by atoms with van der Waals surface area (Å²) in [6, 6.07) is 14.8. The van der Waals surface area contributed by atoms with Crippen LogP contribution >= 0.6 is 11.8 Å². The molecule has 2 amide bonds. The Balaban J connectivity index is 1.62. The summed E-state index contributed by atoms with van der Waals surface area (Å²) in [5.74, 6) is 0.843. The Bertz CT molecular complexity index is 795. The van der Waals surface area contributed by atoms with Crippen molar-refractivity contribution in [3.63, 3.8) is 0 Å². The molecule has 26 heavy (non-hydrogen) atoms. The highest BCUT2D eigenvalue weighted by Gasteiger charge is 2.35. The normalized spacial score (nSPS) is 16.4. The molecule has 0 spiro atoms. The molecule has 1 N–H and O–H groups in total. The van der Waals surface area contributed by atoms with E-state index in [0.29, 0.717) is 11.6 Å². The Kier molecular flexibility index (Phi) is 5.83. The fourth-order valence-electron chi connectivity index (χ4n) is 2.74. The van der Waals surface area contributed by atoms with Crippen LogP contribution in [-0.4, -0.2) is 34.6 Å². The van der Waals surface area contributed by atoms with Gasteiger partial charge in [-0.25, -0.2) is 4.79 Å². The van der Waals surface area contributed by atoms with Crippen LogP contribution in [0.4, 0.5) is 10.5 Å². The van der Waals surface area contributed by atoms with Crippen LogP contribution in [0, 0.1) is 13.8 Å². The second-order valence-electron chi connectivity index (χ2n) is 6.26. The zero-order valence-electron chi connectivity index (χ0n) is 14.9. The van der Waals surface area contributed by atoms with E-state index < -0.39 is 12.1 Å². The van der Waals surface area contributed by atoms with Crippen molar-refractivity contribution in [1.29, 1.82) is 0 Å². The van der Waals surface area contributed by atoms with Crippen LogP contribution in [0.3, 0.4) is 0 Å². The van der Waals surface area contributed by atoms with Crippen LogP contribution in [0.25, 0.3) is 0 Å². The highest BCUT2D eigenvalue weighted by Crippen LogP contribution is 2.25. The van der Waals surface area contributed by atoms with Gasteiger partial charge >= 0.3 is 6.09 Å². The van der Waals surface area contributed by atoms with Crippen LogP contribution < -0.4 is 5.32 Å². The minimum absolute atomic E-state index is 0.180. The highest BCUT2D eigenvalue weighted by molar-refractivity contribution is 7.99. The Morgan fingerprint density at radius 3 is 2.69 bits per heavy atom. The van der Waals surface area contributed by atoms with Crippen molar-refractivity contribution in [3.05, 3.63) is 65.2 Å². The number of benzene rings is 2. The first-order valence-corrected chi connectivity index (χ1v) is 9.64. The SMILES string of the molecule is Cc1cccc(NC(=O)[C@H]2CSCN2C(=O)OCc2ccccc2)c1C. The predicted octanol–water partition coefficient (Wildman–Crippen LogP) is 3.95. The van der Waals surface area contributed by atoms with Gasteiger partial charge in [0.05, 0.1) is 5.88 Å². The van der Waals surface area contributed by atoms with E-state index in [0.717, 1.165) is 22.4 Å². The van der Waals surface area contributed by atoms with Crippen molar-refractivity contribution in [1.82, 2.24) is 4.90 Å². The molecule has 1 atom stereocenters. The van der Waals surface area contributed by atoms with Gasteiger partial charge in [0, 0.05) is 11.4 Å². The number of aryl methyl sites for hydroxylation is 1. The predicted molar refractivity (Wildman–Crippen MR) is 104 cm³/mol. The van der Waals surface area contributed by atoms with Gasteiger partial charge in [-0.2, -0.15) is 0 Å².